The normalized spacial score (nSPS) is 28.2. The Labute approximate surface area is 134 Å². The molecule has 99 valence electrons. The van der Waals surface area contributed by atoms with Crippen molar-refractivity contribution in [2.24, 2.45) is 0 Å². The Balaban J connectivity index is 1.65. The van der Waals surface area contributed by atoms with E-state index in [1.165, 1.54) is 29.4 Å². The molecule has 0 nitrogen and oxygen atoms in total. The van der Waals surface area contributed by atoms with E-state index in [0.29, 0.717) is 0 Å². The fraction of sp³-hybridized carbons (Fsp3) is 1.00. The van der Waals surface area contributed by atoms with Crippen LogP contribution < -0.4 is 0 Å². The van der Waals surface area contributed by atoms with Crippen LogP contribution in [0.4, 0.5) is 0 Å². The van der Waals surface area contributed by atoms with Crippen LogP contribution in [0.5, 0.6) is 0 Å². The first-order chi connectivity index (χ1) is 8.24. The van der Waals surface area contributed by atoms with E-state index in [0.717, 1.165) is 14.4 Å². The van der Waals surface area contributed by atoms with Gasteiger partial charge in [0.1, 0.15) is 0 Å². The van der Waals surface area contributed by atoms with Gasteiger partial charge >= 0.3 is 135 Å². The Morgan fingerprint density at radius 3 is 2.00 bits per heavy atom. The quantitative estimate of drug-likeness (QED) is 0.366. The average molecular weight is 450 g/mol. The maximum absolute atomic E-state index is 2.42. The van der Waals surface area contributed by atoms with Crippen molar-refractivity contribution in [3.8, 4) is 0 Å². The molecule has 2 saturated heterocycles. The Morgan fingerprint density at radius 2 is 1.65 bits per heavy atom. The molecule has 17 heavy (non-hydrogen) atoms. The summed E-state index contributed by atoms with van der Waals surface area (Å²) in [6, 6.07) is 0. The van der Waals surface area contributed by atoms with E-state index in [9.17, 15) is 0 Å². The summed E-state index contributed by atoms with van der Waals surface area (Å²) in [4.78, 5) is 0. The van der Waals surface area contributed by atoms with Gasteiger partial charge in [0.2, 0.25) is 0 Å². The van der Waals surface area contributed by atoms with Crippen molar-refractivity contribution in [3.05, 3.63) is 0 Å². The molecule has 0 spiro atoms. The van der Waals surface area contributed by atoms with Gasteiger partial charge in [-0.25, -0.2) is 0 Å². The summed E-state index contributed by atoms with van der Waals surface area (Å²) in [7, 11) is 7.20. The van der Waals surface area contributed by atoms with Crippen molar-refractivity contribution >= 4 is 77.7 Å². The molecular weight excluding hydrogens is 431 g/mol. The zero-order valence-electron chi connectivity index (χ0n) is 10.2. The Hall–Kier alpha value is 2.90. The van der Waals surface area contributed by atoms with Crippen LogP contribution in [0, 0.1) is 0 Å². The van der Waals surface area contributed by atoms with E-state index in [-0.39, 0.29) is 0 Å². The van der Waals surface area contributed by atoms with Crippen LogP contribution in [-0.2, 0) is 0 Å². The summed E-state index contributed by atoms with van der Waals surface area (Å²) < 4.78 is 1.97. The first-order valence-electron chi connectivity index (χ1n) is 5.92. The first-order valence-corrected chi connectivity index (χ1v) is 22.3. The van der Waals surface area contributed by atoms with Gasteiger partial charge < -0.3 is 0 Å². The molecule has 2 aliphatic rings. The molecule has 1 radical (unpaired) electrons. The van der Waals surface area contributed by atoms with Gasteiger partial charge in [-0.1, -0.05) is 0 Å². The molecule has 0 saturated carbocycles. The van der Waals surface area contributed by atoms with Crippen molar-refractivity contribution in [3.63, 3.8) is 0 Å². The monoisotopic (exact) mass is 451 g/mol. The van der Waals surface area contributed by atoms with Gasteiger partial charge in [-0.05, 0) is 0 Å². The summed E-state index contributed by atoms with van der Waals surface area (Å²) in [6.07, 6.45) is 2.96. The van der Waals surface area contributed by atoms with Crippen LogP contribution in [0.1, 0.15) is 26.7 Å². The molecule has 2 fully saturated rings. The molecule has 2 heterocycles. The number of rotatable bonds is 8. The van der Waals surface area contributed by atoms with Gasteiger partial charge in [0.05, 0.1) is 0 Å². The van der Waals surface area contributed by atoms with E-state index in [4.69, 9.17) is 0 Å². The van der Waals surface area contributed by atoms with E-state index < -0.39 is 15.6 Å². The van der Waals surface area contributed by atoms with Gasteiger partial charge in [0.25, 0.3) is 0 Å². The molecule has 2 aliphatic heterocycles. The summed E-state index contributed by atoms with van der Waals surface area (Å²) in [5.74, 6) is 2.84. The molecule has 0 aromatic rings. The van der Waals surface area contributed by atoms with E-state index >= 15 is 0 Å². The van der Waals surface area contributed by atoms with Crippen molar-refractivity contribution in [1.29, 1.82) is 0 Å². The summed E-state index contributed by atoms with van der Waals surface area (Å²) >= 11 is 5.28. The van der Waals surface area contributed by atoms with E-state index in [1.807, 2.05) is 0 Å². The third-order valence-corrected chi connectivity index (χ3v) is 37.8. The van der Waals surface area contributed by atoms with Crippen molar-refractivity contribution in [1.82, 2.24) is 0 Å². The van der Waals surface area contributed by atoms with E-state index in [2.05, 4.69) is 76.0 Å². The fourth-order valence-corrected chi connectivity index (χ4v) is 49.1. The second-order valence-electron chi connectivity index (χ2n) is 4.14. The zero-order valence-corrected chi connectivity index (χ0v) is 18.0. The Bertz CT molecular complexity index is 203. The van der Waals surface area contributed by atoms with Crippen LogP contribution in [0.25, 0.3) is 0 Å². The molecule has 0 amide bonds. The summed E-state index contributed by atoms with van der Waals surface area (Å²) in [5.41, 5.74) is 0. The maximum atomic E-state index is 2.42. The van der Waals surface area contributed by atoms with E-state index in [1.54, 1.807) is 0 Å². The molecule has 0 aromatic heterocycles. The number of thioether (sulfide) groups is 3. The minimum absolute atomic E-state index is 0.804. The summed E-state index contributed by atoms with van der Waals surface area (Å²) in [6.45, 7) is 4.64. The van der Waals surface area contributed by atoms with Crippen molar-refractivity contribution in [2.75, 3.05) is 16.6 Å². The minimum atomic E-state index is -1.25. The predicted molar refractivity (Wildman–Crippen MR) is 97.8 cm³/mol. The van der Waals surface area contributed by atoms with Crippen LogP contribution >= 0.6 is 62.1 Å². The number of hydrogen-bond acceptors (Lipinski definition) is 6. The van der Waals surface area contributed by atoms with Gasteiger partial charge in [-0.2, -0.15) is 0 Å². The summed E-state index contributed by atoms with van der Waals surface area (Å²) in [5, 5.41) is 2.15. The van der Waals surface area contributed by atoms with Crippen molar-refractivity contribution in [2.45, 2.75) is 41.1 Å². The predicted octanol–water partition coefficient (Wildman–Crippen LogP) is 5.20. The molecule has 7 heteroatoms. The topological polar surface area (TPSA) is 0 Å². The van der Waals surface area contributed by atoms with Crippen LogP contribution in [0.15, 0.2) is 0 Å². The van der Waals surface area contributed by atoms with Crippen molar-refractivity contribution < 1.29 is 0 Å². The van der Waals surface area contributed by atoms with Gasteiger partial charge in [-0.15, -0.1) is 0 Å². The molecular formula is C10H19S6Sn. The Kier molecular flexibility index (Phi) is 8.64. The number of hydrogen-bond donors (Lipinski definition) is 0. The van der Waals surface area contributed by atoms with Gasteiger partial charge in [-0.3, -0.25) is 0 Å². The van der Waals surface area contributed by atoms with Gasteiger partial charge in [0.15, 0.2) is 0 Å². The van der Waals surface area contributed by atoms with Crippen LogP contribution in [0.3, 0.4) is 0 Å². The fourth-order valence-electron chi connectivity index (χ4n) is 1.14. The molecule has 0 aliphatic carbocycles. The first kappa shape index (κ1) is 16.3. The molecule has 0 N–H and O–H groups in total. The third kappa shape index (κ3) is 6.46. The molecule has 0 bridgehead atoms. The molecule has 2 atom stereocenters. The van der Waals surface area contributed by atoms with Gasteiger partial charge in [0, 0.05) is 0 Å². The second-order valence-corrected chi connectivity index (χ2v) is 32.8. The molecule has 0 aromatic carbocycles. The molecule has 2 unspecified atom stereocenters. The third-order valence-electron chi connectivity index (χ3n) is 2.35. The second kappa shape index (κ2) is 9.03. The van der Waals surface area contributed by atoms with Crippen LogP contribution in [0.2, 0.25) is 0 Å². The standard InChI is InChI=1S/C4H10S2.2C3H6S2.Sn/c1-4(2)6-3-5;2*4-3-1-2-5-3;/h4-5H,3H2,1-2H3;2*3-4H,1-2H2;/q;;;+3/p-3. The molecule has 2 rings (SSSR count). The SMILES string of the molecule is CC(C)SC[S][Sn]([S]C1CCS1)[S]C1CCS1. The van der Waals surface area contributed by atoms with Crippen LogP contribution in [-0.4, -0.2) is 46.6 Å². The zero-order chi connectivity index (χ0) is 12.1. The Morgan fingerprint density at radius 1 is 1.12 bits per heavy atom. The average Bonchev–Trinajstić information content (AvgIpc) is 2.15.